The second kappa shape index (κ2) is 7.28. The highest BCUT2D eigenvalue weighted by Crippen LogP contribution is 2.37. The molecule has 1 aliphatic carbocycles. The van der Waals surface area contributed by atoms with E-state index in [1.807, 2.05) is 4.90 Å². The van der Waals surface area contributed by atoms with Crippen LogP contribution in [0.15, 0.2) is 24.3 Å². The fourth-order valence-electron chi connectivity index (χ4n) is 3.84. The van der Waals surface area contributed by atoms with Gasteiger partial charge in [0.05, 0.1) is 19.1 Å². The lowest BCUT2D eigenvalue weighted by atomic mass is 9.76. The van der Waals surface area contributed by atoms with Crippen molar-refractivity contribution in [1.82, 2.24) is 4.90 Å². The number of carbonyl (C=O) groups is 1. The third kappa shape index (κ3) is 3.52. The van der Waals surface area contributed by atoms with E-state index in [9.17, 15) is 4.79 Å². The van der Waals surface area contributed by atoms with Gasteiger partial charge in [0.15, 0.2) is 0 Å². The molecule has 0 N–H and O–H groups in total. The highest BCUT2D eigenvalue weighted by molar-refractivity contribution is 5.84. The first-order chi connectivity index (χ1) is 10.8. The molecule has 3 heteroatoms. The zero-order valence-corrected chi connectivity index (χ0v) is 13.6. The molecule has 1 aliphatic heterocycles. The first-order valence-corrected chi connectivity index (χ1v) is 8.69. The van der Waals surface area contributed by atoms with Crippen LogP contribution in [-0.2, 0) is 9.53 Å². The minimum absolute atomic E-state index is 0.0407. The molecular weight excluding hydrogens is 274 g/mol. The summed E-state index contributed by atoms with van der Waals surface area (Å²) in [7, 11) is 0. The van der Waals surface area contributed by atoms with Gasteiger partial charge in [-0.3, -0.25) is 4.79 Å². The SMILES string of the molecule is Cc1ccc(C(C(=O)N2CCOCC2)C2CCCCC2)cc1. The number of benzene rings is 1. The van der Waals surface area contributed by atoms with Gasteiger partial charge in [-0.2, -0.15) is 0 Å². The lowest BCUT2D eigenvalue weighted by Crippen LogP contribution is -2.44. The smallest absolute Gasteiger partial charge is 0.230 e. The summed E-state index contributed by atoms with van der Waals surface area (Å²) in [6.45, 7) is 4.94. The Morgan fingerprint density at radius 3 is 2.36 bits per heavy atom. The van der Waals surface area contributed by atoms with Gasteiger partial charge in [-0.05, 0) is 31.2 Å². The molecule has 1 aromatic carbocycles. The highest BCUT2D eigenvalue weighted by atomic mass is 16.5. The molecule has 0 spiro atoms. The van der Waals surface area contributed by atoms with E-state index >= 15 is 0 Å². The molecule has 120 valence electrons. The van der Waals surface area contributed by atoms with Crippen LogP contribution in [0.1, 0.15) is 49.1 Å². The maximum atomic E-state index is 13.2. The van der Waals surface area contributed by atoms with Crippen LogP contribution in [0.25, 0.3) is 0 Å². The first kappa shape index (κ1) is 15.5. The molecule has 0 bridgehead atoms. The normalized spacial score (nSPS) is 21.6. The molecule has 3 rings (SSSR count). The van der Waals surface area contributed by atoms with Crippen molar-refractivity contribution in [2.75, 3.05) is 26.3 Å². The van der Waals surface area contributed by atoms with Gasteiger partial charge >= 0.3 is 0 Å². The standard InChI is InChI=1S/C19H27NO2/c1-15-7-9-17(10-8-15)18(16-5-3-2-4-6-16)19(21)20-11-13-22-14-12-20/h7-10,16,18H,2-6,11-14H2,1H3. The minimum Gasteiger partial charge on any atom is -0.378 e. The average Bonchev–Trinajstić information content (AvgIpc) is 2.58. The summed E-state index contributed by atoms with van der Waals surface area (Å²) >= 11 is 0. The van der Waals surface area contributed by atoms with Gasteiger partial charge in [-0.1, -0.05) is 49.1 Å². The van der Waals surface area contributed by atoms with E-state index in [1.165, 1.54) is 43.2 Å². The molecule has 2 fully saturated rings. The molecule has 1 amide bonds. The summed E-state index contributed by atoms with van der Waals surface area (Å²) < 4.78 is 5.40. The van der Waals surface area contributed by atoms with Gasteiger partial charge in [0, 0.05) is 13.1 Å². The molecule has 1 saturated heterocycles. The second-order valence-electron chi connectivity index (χ2n) is 6.72. The zero-order valence-electron chi connectivity index (χ0n) is 13.6. The number of ether oxygens (including phenoxy) is 1. The van der Waals surface area contributed by atoms with Gasteiger partial charge in [0.2, 0.25) is 5.91 Å². The number of morpholine rings is 1. The Labute approximate surface area is 133 Å². The number of carbonyl (C=O) groups excluding carboxylic acids is 1. The second-order valence-corrected chi connectivity index (χ2v) is 6.72. The van der Waals surface area contributed by atoms with Crippen molar-refractivity contribution in [3.63, 3.8) is 0 Å². The van der Waals surface area contributed by atoms with Crippen molar-refractivity contribution in [1.29, 1.82) is 0 Å². The Kier molecular flexibility index (Phi) is 5.14. The molecule has 1 saturated carbocycles. The van der Waals surface area contributed by atoms with Crippen LogP contribution in [0.3, 0.4) is 0 Å². The molecule has 3 nitrogen and oxygen atoms in total. The number of hydrogen-bond acceptors (Lipinski definition) is 2. The lowest BCUT2D eigenvalue weighted by molar-refractivity contribution is -0.138. The molecule has 1 heterocycles. The fraction of sp³-hybridized carbons (Fsp3) is 0.632. The van der Waals surface area contributed by atoms with Gasteiger partial charge in [0.1, 0.15) is 0 Å². The highest BCUT2D eigenvalue weighted by Gasteiger charge is 2.34. The van der Waals surface area contributed by atoms with Gasteiger partial charge in [-0.25, -0.2) is 0 Å². The Bertz CT molecular complexity index is 485. The monoisotopic (exact) mass is 301 g/mol. The van der Waals surface area contributed by atoms with Crippen LogP contribution in [0.4, 0.5) is 0 Å². The number of aryl methyl sites for hydroxylation is 1. The number of amides is 1. The van der Waals surface area contributed by atoms with Crippen LogP contribution >= 0.6 is 0 Å². The molecule has 1 unspecified atom stereocenters. The molecule has 0 radical (unpaired) electrons. The van der Waals surface area contributed by atoms with E-state index in [0.717, 1.165) is 13.1 Å². The molecule has 0 aromatic heterocycles. The van der Waals surface area contributed by atoms with Crippen molar-refractivity contribution in [3.8, 4) is 0 Å². The Morgan fingerprint density at radius 1 is 1.09 bits per heavy atom. The molecule has 1 aromatic rings. The molecular formula is C19H27NO2. The molecule has 22 heavy (non-hydrogen) atoms. The largest absolute Gasteiger partial charge is 0.378 e. The number of hydrogen-bond donors (Lipinski definition) is 0. The summed E-state index contributed by atoms with van der Waals surface area (Å²) in [5, 5.41) is 0. The van der Waals surface area contributed by atoms with E-state index in [-0.39, 0.29) is 5.92 Å². The quantitative estimate of drug-likeness (QED) is 0.855. The van der Waals surface area contributed by atoms with Crippen LogP contribution in [0.2, 0.25) is 0 Å². The Balaban J connectivity index is 1.84. The Hall–Kier alpha value is -1.35. The minimum atomic E-state index is 0.0407. The van der Waals surface area contributed by atoms with Crippen molar-refractivity contribution in [2.24, 2.45) is 5.92 Å². The zero-order chi connectivity index (χ0) is 15.4. The number of nitrogens with zero attached hydrogens (tertiary/aromatic N) is 1. The average molecular weight is 301 g/mol. The fourth-order valence-corrected chi connectivity index (χ4v) is 3.84. The summed E-state index contributed by atoms with van der Waals surface area (Å²) in [6, 6.07) is 8.59. The predicted molar refractivity (Wildman–Crippen MR) is 87.9 cm³/mol. The van der Waals surface area contributed by atoms with E-state index in [1.54, 1.807) is 0 Å². The van der Waals surface area contributed by atoms with Gasteiger partial charge in [-0.15, -0.1) is 0 Å². The van der Waals surface area contributed by atoms with E-state index in [4.69, 9.17) is 4.74 Å². The van der Waals surface area contributed by atoms with E-state index < -0.39 is 0 Å². The third-order valence-electron chi connectivity index (χ3n) is 5.15. The van der Waals surface area contributed by atoms with Crippen molar-refractivity contribution < 1.29 is 9.53 Å². The number of rotatable bonds is 3. The Morgan fingerprint density at radius 2 is 1.73 bits per heavy atom. The summed E-state index contributed by atoms with van der Waals surface area (Å²) in [5.41, 5.74) is 2.46. The van der Waals surface area contributed by atoms with Crippen LogP contribution in [0, 0.1) is 12.8 Å². The van der Waals surface area contributed by atoms with E-state index in [2.05, 4.69) is 31.2 Å². The van der Waals surface area contributed by atoms with Crippen LogP contribution < -0.4 is 0 Å². The first-order valence-electron chi connectivity index (χ1n) is 8.69. The van der Waals surface area contributed by atoms with Crippen molar-refractivity contribution in [3.05, 3.63) is 35.4 Å². The molecule has 1 atom stereocenters. The van der Waals surface area contributed by atoms with Gasteiger partial charge in [0.25, 0.3) is 0 Å². The van der Waals surface area contributed by atoms with Crippen molar-refractivity contribution >= 4 is 5.91 Å². The maximum Gasteiger partial charge on any atom is 0.230 e. The topological polar surface area (TPSA) is 29.5 Å². The summed E-state index contributed by atoms with van der Waals surface area (Å²) in [4.78, 5) is 15.2. The lowest BCUT2D eigenvalue weighted by Gasteiger charge is -2.35. The van der Waals surface area contributed by atoms with E-state index in [0.29, 0.717) is 25.0 Å². The molecule has 2 aliphatic rings. The van der Waals surface area contributed by atoms with Crippen LogP contribution in [0.5, 0.6) is 0 Å². The van der Waals surface area contributed by atoms with Crippen LogP contribution in [-0.4, -0.2) is 37.1 Å². The van der Waals surface area contributed by atoms with Crippen molar-refractivity contribution in [2.45, 2.75) is 44.9 Å². The maximum absolute atomic E-state index is 13.2. The summed E-state index contributed by atoms with van der Waals surface area (Å²) in [6.07, 6.45) is 6.24. The third-order valence-corrected chi connectivity index (χ3v) is 5.15. The predicted octanol–water partition coefficient (Wildman–Crippen LogP) is 3.52. The summed E-state index contributed by atoms with van der Waals surface area (Å²) in [5.74, 6) is 0.866. The van der Waals surface area contributed by atoms with Gasteiger partial charge < -0.3 is 9.64 Å².